The molecule has 112 valence electrons. The van der Waals surface area contributed by atoms with Crippen LogP contribution in [-0.2, 0) is 9.53 Å². The molecule has 4 heteroatoms. The highest BCUT2D eigenvalue weighted by atomic mass is 32.2. The Hall–Kier alpha value is -1.52. The van der Waals surface area contributed by atoms with E-state index in [0.29, 0.717) is 6.42 Å². The number of rotatable bonds is 7. The van der Waals surface area contributed by atoms with E-state index in [4.69, 9.17) is 0 Å². The topological polar surface area (TPSA) is 38.3 Å². The van der Waals surface area contributed by atoms with Crippen molar-refractivity contribution in [1.29, 1.82) is 0 Å². The molecule has 0 spiro atoms. The van der Waals surface area contributed by atoms with E-state index in [2.05, 4.69) is 52.5 Å². The number of ether oxygens (including phenoxy) is 1. The molecule has 2 rings (SSSR count). The Morgan fingerprint density at radius 1 is 1.24 bits per heavy atom. The number of carbonyl (C=O) groups is 1. The van der Waals surface area contributed by atoms with Crippen LogP contribution in [0.3, 0.4) is 0 Å². The minimum absolute atomic E-state index is 0.144. The summed E-state index contributed by atoms with van der Waals surface area (Å²) < 4.78 is 4.65. The first-order valence-electron chi connectivity index (χ1n) is 7.05. The maximum Gasteiger partial charge on any atom is 0.306 e. The second-order valence-corrected chi connectivity index (χ2v) is 6.00. The smallest absolute Gasteiger partial charge is 0.306 e. The highest BCUT2D eigenvalue weighted by Gasteiger charge is 2.10. The van der Waals surface area contributed by atoms with Crippen LogP contribution in [-0.4, -0.2) is 31.6 Å². The van der Waals surface area contributed by atoms with Gasteiger partial charge in [0.15, 0.2) is 0 Å². The zero-order valence-corrected chi connectivity index (χ0v) is 13.3. The molecule has 0 aliphatic heterocycles. The maximum absolute atomic E-state index is 11.1. The molecule has 2 aromatic carbocycles. The third kappa shape index (κ3) is 4.48. The van der Waals surface area contributed by atoms with E-state index in [0.717, 1.165) is 11.5 Å². The van der Waals surface area contributed by atoms with Crippen molar-refractivity contribution in [2.45, 2.75) is 12.5 Å². The fourth-order valence-electron chi connectivity index (χ4n) is 2.23. The lowest BCUT2D eigenvalue weighted by Crippen LogP contribution is -2.19. The van der Waals surface area contributed by atoms with E-state index in [1.807, 2.05) is 7.05 Å². The normalized spacial score (nSPS) is 12.3. The molecule has 0 amide bonds. The Kier molecular flexibility index (Phi) is 6.08. The monoisotopic (exact) mass is 303 g/mol. The van der Waals surface area contributed by atoms with Crippen LogP contribution >= 0.6 is 11.8 Å². The first kappa shape index (κ1) is 15.9. The Bertz CT molecular complexity index is 600. The van der Waals surface area contributed by atoms with E-state index in [1.165, 1.54) is 23.4 Å². The van der Waals surface area contributed by atoms with Gasteiger partial charge in [0, 0.05) is 17.5 Å². The molecule has 0 saturated heterocycles. The van der Waals surface area contributed by atoms with Gasteiger partial charge < -0.3 is 10.1 Å². The van der Waals surface area contributed by atoms with Crippen LogP contribution in [0.5, 0.6) is 0 Å². The summed E-state index contributed by atoms with van der Waals surface area (Å²) in [6.45, 7) is 0. The Morgan fingerprint density at radius 2 is 2.00 bits per heavy atom. The summed E-state index contributed by atoms with van der Waals surface area (Å²) in [4.78, 5) is 11.1. The second kappa shape index (κ2) is 8.05. The van der Waals surface area contributed by atoms with E-state index >= 15 is 0 Å². The van der Waals surface area contributed by atoms with Crippen LogP contribution in [0.15, 0.2) is 42.5 Å². The molecule has 0 bridgehead atoms. The van der Waals surface area contributed by atoms with E-state index in [-0.39, 0.29) is 12.0 Å². The van der Waals surface area contributed by atoms with Crippen molar-refractivity contribution in [3.05, 3.63) is 48.0 Å². The number of hydrogen-bond acceptors (Lipinski definition) is 4. The molecule has 0 heterocycles. The van der Waals surface area contributed by atoms with Crippen molar-refractivity contribution in [3.8, 4) is 0 Å². The Labute approximate surface area is 130 Å². The second-order valence-electron chi connectivity index (χ2n) is 4.85. The number of benzene rings is 2. The van der Waals surface area contributed by atoms with Crippen LogP contribution in [0.4, 0.5) is 0 Å². The van der Waals surface area contributed by atoms with Gasteiger partial charge in [-0.1, -0.05) is 36.4 Å². The van der Waals surface area contributed by atoms with Gasteiger partial charge in [-0.3, -0.25) is 4.79 Å². The molecule has 3 nitrogen and oxygen atoms in total. The molecular formula is C17H21NO2S. The van der Waals surface area contributed by atoms with Crippen LogP contribution in [0.1, 0.15) is 18.0 Å². The molecule has 0 aromatic heterocycles. The third-order valence-electron chi connectivity index (χ3n) is 3.49. The minimum Gasteiger partial charge on any atom is -0.469 e. The quantitative estimate of drug-likeness (QED) is 0.628. The molecular weight excluding hydrogens is 282 g/mol. The van der Waals surface area contributed by atoms with E-state index in [1.54, 1.807) is 11.8 Å². The first-order chi connectivity index (χ1) is 10.2. The zero-order valence-electron chi connectivity index (χ0n) is 12.5. The van der Waals surface area contributed by atoms with Gasteiger partial charge in [0.25, 0.3) is 0 Å². The molecule has 1 unspecified atom stereocenters. The fraction of sp³-hybridized carbons (Fsp3) is 0.353. The van der Waals surface area contributed by atoms with Crippen molar-refractivity contribution in [2.75, 3.05) is 25.7 Å². The van der Waals surface area contributed by atoms with Crippen molar-refractivity contribution in [3.63, 3.8) is 0 Å². The molecule has 21 heavy (non-hydrogen) atoms. The summed E-state index contributed by atoms with van der Waals surface area (Å²) in [7, 11) is 3.40. The highest BCUT2D eigenvalue weighted by Crippen LogP contribution is 2.23. The van der Waals surface area contributed by atoms with E-state index in [9.17, 15) is 4.79 Å². The molecule has 0 radical (unpaired) electrons. The number of nitrogens with one attached hydrogen (secondary N) is 1. The first-order valence-corrected chi connectivity index (χ1v) is 8.20. The van der Waals surface area contributed by atoms with Crippen molar-refractivity contribution >= 4 is 28.5 Å². The summed E-state index contributed by atoms with van der Waals surface area (Å²) in [6.07, 6.45) is 0.468. The molecule has 2 aromatic rings. The van der Waals surface area contributed by atoms with Gasteiger partial charge >= 0.3 is 5.97 Å². The van der Waals surface area contributed by atoms with E-state index < -0.39 is 0 Å². The number of hydrogen-bond donors (Lipinski definition) is 1. The zero-order chi connectivity index (χ0) is 15.1. The third-order valence-corrected chi connectivity index (χ3v) is 4.55. The average Bonchev–Trinajstić information content (AvgIpc) is 2.54. The number of fused-ring (bicyclic) bond motifs is 1. The number of carbonyl (C=O) groups excluding carboxylic acids is 1. The van der Waals surface area contributed by atoms with Crippen molar-refractivity contribution in [1.82, 2.24) is 5.32 Å². The molecule has 1 atom stereocenters. The van der Waals surface area contributed by atoms with Crippen molar-refractivity contribution < 1.29 is 9.53 Å². The fourth-order valence-corrected chi connectivity index (χ4v) is 3.30. The lowest BCUT2D eigenvalue weighted by atomic mass is 10.0. The average molecular weight is 303 g/mol. The highest BCUT2D eigenvalue weighted by molar-refractivity contribution is 7.99. The number of thioether (sulfide) groups is 1. The van der Waals surface area contributed by atoms with Crippen LogP contribution in [0.2, 0.25) is 0 Å². The number of esters is 1. The summed E-state index contributed by atoms with van der Waals surface area (Å²) in [5.41, 5.74) is 1.28. The molecule has 0 aliphatic rings. The van der Waals surface area contributed by atoms with Crippen LogP contribution < -0.4 is 5.32 Å². The SMILES string of the molecule is CNC(CSCCC(=O)OC)c1ccc2ccccc2c1. The standard InChI is InChI=1S/C17H21NO2S/c1-18-16(12-21-10-9-17(19)20-2)15-8-7-13-5-3-4-6-14(13)11-15/h3-8,11,16,18H,9-10,12H2,1-2H3. The van der Waals surface area contributed by atoms with Gasteiger partial charge in [0.2, 0.25) is 0 Å². The lowest BCUT2D eigenvalue weighted by molar-refractivity contribution is -0.140. The molecule has 0 aliphatic carbocycles. The molecule has 0 fully saturated rings. The van der Waals surface area contributed by atoms with Crippen molar-refractivity contribution in [2.24, 2.45) is 0 Å². The van der Waals surface area contributed by atoms with Gasteiger partial charge in [-0.2, -0.15) is 11.8 Å². The molecule has 1 N–H and O–H groups in total. The summed E-state index contributed by atoms with van der Waals surface area (Å²) in [5, 5.41) is 5.87. The van der Waals surface area contributed by atoms with Gasteiger partial charge in [-0.25, -0.2) is 0 Å². The lowest BCUT2D eigenvalue weighted by Gasteiger charge is -2.17. The Morgan fingerprint density at radius 3 is 2.71 bits per heavy atom. The van der Waals surface area contributed by atoms with Gasteiger partial charge in [0.1, 0.15) is 0 Å². The van der Waals surface area contributed by atoms with Gasteiger partial charge in [-0.15, -0.1) is 0 Å². The van der Waals surface area contributed by atoms with Crippen LogP contribution in [0.25, 0.3) is 10.8 Å². The number of methoxy groups -OCH3 is 1. The van der Waals surface area contributed by atoms with Crippen LogP contribution in [0, 0.1) is 0 Å². The largest absolute Gasteiger partial charge is 0.469 e. The summed E-state index contributed by atoms with van der Waals surface area (Å²) in [6, 6.07) is 15.2. The van der Waals surface area contributed by atoms with Gasteiger partial charge in [-0.05, 0) is 29.4 Å². The summed E-state index contributed by atoms with van der Waals surface area (Å²) in [5.74, 6) is 1.58. The predicted molar refractivity (Wildman–Crippen MR) is 89.7 cm³/mol. The Balaban J connectivity index is 1.97. The predicted octanol–water partition coefficient (Wildman–Crippen LogP) is 3.40. The maximum atomic E-state index is 11.1. The summed E-state index contributed by atoms with van der Waals surface area (Å²) >= 11 is 1.77. The minimum atomic E-state index is -0.144. The van der Waals surface area contributed by atoms with Gasteiger partial charge in [0.05, 0.1) is 13.5 Å². The molecule has 0 saturated carbocycles.